The number of carbonyl (C=O) groups excluding carboxylic acids is 1. The van der Waals surface area contributed by atoms with Gasteiger partial charge in [-0.25, -0.2) is 0 Å². The van der Waals surface area contributed by atoms with E-state index in [1.54, 1.807) is 0 Å². The summed E-state index contributed by atoms with van der Waals surface area (Å²) in [7, 11) is 0. The lowest BCUT2D eigenvalue weighted by molar-refractivity contribution is 0.103. The predicted octanol–water partition coefficient (Wildman–Crippen LogP) is 6.15. The molecule has 0 spiro atoms. The number of hydrogen-bond acceptors (Lipinski definition) is 2. The van der Waals surface area contributed by atoms with E-state index in [1.807, 2.05) is 42.5 Å². The van der Waals surface area contributed by atoms with E-state index in [9.17, 15) is 4.79 Å². The molecule has 2 aromatic carbocycles. The van der Waals surface area contributed by atoms with E-state index >= 15 is 0 Å². The summed E-state index contributed by atoms with van der Waals surface area (Å²) in [5.41, 5.74) is 2.93. The summed E-state index contributed by atoms with van der Waals surface area (Å²) in [4.78, 5) is 12.5. The van der Waals surface area contributed by atoms with Crippen LogP contribution in [0.4, 0.5) is 0 Å². The van der Waals surface area contributed by atoms with Crippen molar-refractivity contribution in [2.45, 2.75) is 51.7 Å². The van der Waals surface area contributed by atoms with Crippen LogP contribution in [0.3, 0.4) is 0 Å². The van der Waals surface area contributed by atoms with Crippen molar-refractivity contribution in [2.75, 3.05) is 0 Å². The molecule has 0 aliphatic carbocycles. The molecule has 1 nitrogen and oxygen atoms in total. The maximum absolute atomic E-state index is 12.5. The molecule has 0 aliphatic heterocycles. The molecule has 24 heavy (non-hydrogen) atoms. The molecule has 2 rings (SSSR count). The zero-order valence-electron chi connectivity index (χ0n) is 15.3. The SMILES string of the molecule is CC(C)(C)CC(c1ccc(C(=O)c2ccccc2)cc1)C(C)(C)S. The third kappa shape index (κ3) is 4.98. The fraction of sp³-hybridized carbons (Fsp3) is 0.409. The van der Waals surface area contributed by atoms with Crippen molar-refractivity contribution in [1.82, 2.24) is 0 Å². The van der Waals surface area contributed by atoms with Gasteiger partial charge in [-0.3, -0.25) is 4.79 Å². The third-order valence-corrected chi connectivity index (χ3v) is 4.59. The van der Waals surface area contributed by atoms with Crippen LogP contribution in [-0.2, 0) is 0 Å². The van der Waals surface area contributed by atoms with E-state index in [2.05, 4.69) is 46.8 Å². The Balaban J connectivity index is 2.28. The van der Waals surface area contributed by atoms with Crippen molar-refractivity contribution in [1.29, 1.82) is 0 Å². The van der Waals surface area contributed by atoms with Crippen LogP contribution in [0.25, 0.3) is 0 Å². The predicted molar refractivity (Wildman–Crippen MR) is 106 cm³/mol. The molecule has 1 atom stereocenters. The molecule has 0 N–H and O–H groups in total. The minimum absolute atomic E-state index is 0.0691. The lowest BCUT2D eigenvalue weighted by Gasteiger charge is -2.35. The highest BCUT2D eigenvalue weighted by molar-refractivity contribution is 7.81. The van der Waals surface area contributed by atoms with Gasteiger partial charge in [0.2, 0.25) is 0 Å². The molecule has 2 heteroatoms. The minimum Gasteiger partial charge on any atom is -0.289 e. The normalized spacial score (nSPS) is 13.6. The summed E-state index contributed by atoms with van der Waals surface area (Å²) in [6.07, 6.45) is 1.05. The minimum atomic E-state index is -0.113. The first-order chi connectivity index (χ1) is 11.1. The molecule has 0 heterocycles. The molecule has 0 fully saturated rings. The highest BCUT2D eigenvalue weighted by atomic mass is 32.1. The molecule has 0 aliphatic rings. The van der Waals surface area contributed by atoms with Gasteiger partial charge in [-0.15, -0.1) is 0 Å². The molecule has 2 aromatic rings. The zero-order valence-corrected chi connectivity index (χ0v) is 16.2. The van der Waals surface area contributed by atoms with Crippen LogP contribution in [0.1, 0.15) is 68.4 Å². The maximum atomic E-state index is 12.5. The number of benzene rings is 2. The van der Waals surface area contributed by atoms with Gasteiger partial charge in [0, 0.05) is 15.9 Å². The Labute approximate surface area is 151 Å². The average molecular weight is 341 g/mol. The lowest BCUT2D eigenvalue weighted by atomic mass is 9.75. The van der Waals surface area contributed by atoms with E-state index in [4.69, 9.17) is 12.6 Å². The molecule has 0 aromatic heterocycles. The number of rotatable bonds is 5. The van der Waals surface area contributed by atoms with Crippen molar-refractivity contribution < 1.29 is 4.79 Å². The summed E-state index contributed by atoms with van der Waals surface area (Å²) in [6.45, 7) is 11.1. The van der Waals surface area contributed by atoms with Crippen LogP contribution in [-0.4, -0.2) is 10.5 Å². The van der Waals surface area contributed by atoms with Gasteiger partial charge in [0.15, 0.2) is 5.78 Å². The van der Waals surface area contributed by atoms with Gasteiger partial charge in [0.25, 0.3) is 0 Å². The molecule has 0 saturated heterocycles. The van der Waals surface area contributed by atoms with E-state index in [1.165, 1.54) is 5.56 Å². The molecule has 1 unspecified atom stereocenters. The highest BCUT2D eigenvalue weighted by Gasteiger charge is 2.31. The van der Waals surface area contributed by atoms with Crippen molar-refractivity contribution in [3.63, 3.8) is 0 Å². The Hall–Kier alpha value is -1.54. The molecular weight excluding hydrogens is 312 g/mol. The van der Waals surface area contributed by atoms with Gasteiger partial charge >= 0.3 is 0 Å². The first kappa shape index (κ1) is 18.8. The summed E-state index contributed by atoms with van der Waals surface area (Å²) >= 11 is 4.83. The molecule has 0 saturated carbocycles. The first-order valence-corrected chi connectivity index (χ1v) is 8.95. The lowest BCUT2D eigenvalue weighted by Crippen LogP contribution is -2.27. The average Bonchev–Trinajstić information content (AvgIpc) is 2.51. The summed E-state index contributed by atoms with van der Waals surface area (Å²) < 4.78 is -0.113. The van der Waals surface area contributed by atoms with Crippen LogP contribution in [0, 0.1) is 5.41 Å². The standard InChI is InChI=1S/C22H28OS/c1-21(2,3)15-19(22(4,5)24)16-11-13-18(14-12-16)20(23)17-9-7-6-8-10-17/h6-14,19,24H,15H2,1-5H3. The van der Waals surface area contributed by atoms with Gasteiger partial charge in [0.05, 0.1) is 0 Å². The van der Waals surface area contributed by atoms with Crippen LogP contribution >= 0.6 is 12.6 Å². The van der Waals surface area contributed by atoms with Gasteiger partial charge in [0.1, 0.15) is 0 Å². The maximum Gasteiger partial charge on any atom is 0.193 e. The fourth-order valence-corrected chi connectivity index (χ4v) is 3.25. The van der Waals surface area contributed by atoms with Crippen LogP contribution in [0.15, 0.2) is 54.6 Å². The largest absolute Gasteiger partial charge is 0.289 e. The first-order valence-electron chi connectivity index (χ1n) is 8.50. The van der Waals surface area contributed by atoms with Gasteiger partial charge in [-0.2, -0.15) is 12.6 Å². The molecule has 0 amide bonds. The Bertz CT molecular complexity index is 673. The molecule has 128 valence electrons. The van der Waals surface area contributed by atoms with Crippen LogP contribution in [0.2, 0.25) is 0 Å². The second kappa shape index (κ2) is 7.14. The van der Waals surface area contributed by atoms with Gasteiger partial charge in [-0.05, 0) is 23.3 Å². The van der Waals surface area contributed by atoms with Crippen LogP contribution < -0.4 is 0 Å². The van der Waals surface area contributed by atoms with Crippen molar-refractivity contribution >= 4 is 18.4 Å². The van der Waals surface area contributed by atoms with E-state index in [0.29, 0.717) is 5.92 Å². The second-order valence-corrected chi connectivity index (χ2v) is 9.44. The van der Waals surface area contributed by atoms with E-state index < -0.39 is 0 Å². The summed E-state index contributed by atoms with van der Waals surface area (Å²) in [6, 6.07) is 17.5. The fourth-order valence-electron chi connectivity index (χ4n) is 3.01. The van der Waals surface area contributed by atoms with Crippen molar-refractivity contribution in [2.24, 2.45) is 5.41 Å². The number of thiol groups is 1. The highest BCUT2D eigenvalue weighted by Crippen LogP contribution is 2.41. The second-order valence-electron chi connectivity index (χ2n) is 8.29. The molecule has 0 bridgehead atoms. The number of carbonyl (C=O) groups is 1. The van der Waals surface area contributed by atoms with E-state index in [0.717, 1.165) is 17.5 Å². The van der Waals surface area contributed by atoms with E-state index in [-0.39, 0.29) is 15.9 Å². The van der Waals surface area contributed by atoms with Crippen LogP contribution in [0.5, 0.6) is 0 Å². The summed E-state index contributed by atoms with van der Waals surface area (Å²) in [5, 5.41) is 0. The zero-order chi connectivity index (χ0) is 18.0. The Morgan fingerprint density at radius 3 is 1.83 bits per heavy atom. The van der Waals surface area contributed by atoms with Gasteiger partial charge in [-0.1, -0.05) is 89.2 Å². The Kier molecular flexibility index (Phi) is 5.59. The Morgan fingerprint density at radius 2 is 1.38 bits per heavy atom. The van der Waals surface area contributed by atoms with Crippen molar-refractivity contribution in [3.05, 3.63) is 71.3 Å². The number of hydrogen-bond donors (Lipinski definition) is 1. The number of ketones is 1. The van der Waals surface area contributed by atoms with Crippen molar-refractivity contribution in [3.8, 4) is 0 Å². The Morgan fingerprint density at radius 1 is 0.875 bits per heavy atom. The topological polar surface area (TPSA) is 17.1 Å². The monoisotopic (exact) mass is 340 g/mol. The smallest absolute Gasteiger partial charge is 0.193 e. The van der Waals surface area contributed by atoms with Gasteiger partial charge < -0.3 is 0 Å². The summed E-state index contributed by atoms with van der Waals surface area (Å²) in [5.74, 6) is 0.404. The molecule has 0 radical (unpaired) electrons. The molecular formula is C22H28OS. The quantitative estimate of drug-likeness (QED) is 0.510. The third-order valence-electron chi connectivity index (χ3n) is 4.28.